The van der Waals surface area contributed by atoms with Gasteiger partial charge in [-0.3, -0.25) is 0 Å². The molecular weight excluding hydrogens is 309 g/mol. The zero-order valence-electron chi connectivity index (χ0n) is 11.0. The molecule has 0 aliphatic rings. The maximum atomic E-state index is 13.8. The number of halogens is 5. The molecule has 0 fully saturated rings. The number of alkyl halides is 5. The SMILES string of the molecule is Cc1cc2nc(-c3ccco3)cc(C(F)(F)C(F)(F)F)n2n1. The van der Waals surface area contributed by atoms with E-state index in [-0.39, 0.29) is 22.8 Å². The van der Waals surface area contributed by atoms with Crippen molar-refractivity contribution in [1.29, 1.82) is 0 Å². The molecule has 3 heterocycles. The Morgan fingerprint density at radius 2 is 1.86 bits per heavy atom. The Hall–Kier alpha value is -2.45. The molecule has 22 heavy (non-hydrogen) atoms. The maximum Gasteiger partial charge on any atom is 0.459 e. The van der Waals surface area contributed by atoms with E-state index in [2.05, 4.69) is 10.1 Å². The molecule has 3 rings (SSSR count). The highest BCUT2D eigenvalue weighted by molar-refractivity contribution is 5.58. The molecule has 0 bridgehead atoms. The Kier molecular flexibility index (Phi) is 2.98. The van der Waals surface area contributed by atoms with E-state index >= 15 is 0 Å². The fraction of sp³-hybridized carbons (Fsp3) is 0.231. The first-order chi connectivity index (χ1) is 10.2. The van der Waals surface area contributed by atoms with E-state index in [1.807, 2.05) is 0 Å². The summed E-state index contributed by atoms with van der Waals surface area (Å²) in [7, 11) is 0. The lowest BCUT2D eigenvalue weighted by atomic mass is 10.1. The van der Waals surface area contributed by atoms with Crippen LogP contribution in [0, 0.1) is 6.92 Å². The zero-order valence-corrected chi connectivity index (χ0v) is 11.0. The second-order valence-electron chi connectivity index (χ2n) is 4.63. The van der Waals surface area contributed by atoms with Gasteiger partial charge in [-0.2, -0.15) is 27.1 Å². The predicted octanol–water partition coefficient (Wildman–Crippen LogP) is 3.95. The smallest absolute Gasteiger partial charge is 0.459 e. The lowest BCUT2D eigenvalue weighted by Gasteiger charge is -2.20. The minimum Gasteiger partial charge on any atom is -0.463 e. The van der Waals surface area contributed by atoms with Crippen molar-refractivity contribution in [2.24, 2.45) is 0 Å². The molecule has 0 unspecified atom stereocenters. The number of aryl methyl sites for hydroxylation is 1. The molecule has 0 amide bonds. The van der Waals surface area contributed by atoms with E-state index in [1.165, 1.54) is 31.4 Å². The van der Waals surface area contributed by atoms with Crippen molar-refractivity contribution in [2.75, 3.05) is 0 Å². The van der Waals surface area contributed by atoms with Crippen LogP contribution in [0.15, 0.2) is 34.9 Å². The van der Waals surface area contributed by atoms with Crippen molar-refractivity contribution < 1.29 is 26.4 Å². The van der Waals surface area contributed by atoms with Gasteiger partial charge in [-0.05, 0) is 25.1 Å². The first kappa shape index (κ1) is 14.5. The zero-order chi connectivity index (χ0) is 16.1. The third kappa shape index (κ3) is 2.13. The molecule has 0 aliphatic heterocycles. The third-order valence-electron chi connectivity index (χ3n) is 3.00. The number of rotatable bonds is 2. The Bertz CT molecular complexity index is 820. The van der Waals surface area contributed by atoms with Crippen LogP contribution in [0.5, 0.6) is 0 Å². The molecule has 0 aliphatic carbocycles. The number of furan rings is 1. The Morgan fingerprint density at radius 1 is 1.14 bits per heavy atom. The first-order valence-electron chi connectivity index (χ1n) is 6.06. The summed E-state index contributed by atoms with van der Waals surface area (Å²) in [5.41, 5.74) is -1.30. The van der Waals surface area contributed by atoms with Crippen LogP contribution in [0.4, 0.5) is 22.0 Å². The summed E-state index contributed by atoms with van der Waals surface area (Å²) in [5.74, 6) is -4.99. The lowest BCUT2D eigenvalue weighted by Crippen LogP contribution is -2.35. The summed E-state index contributed by atoms with van der Waals surface area (Å²) in [6.07, 6.45) is -4.48. The fourth-order valence-electron chi connectivity index (χ4n) is 2.01. The summed E-state index contributed by atoms with van der Waals surface area (Å²) in [5, 5.41) is 3.66. The van der Waals surface area contributed by atoms with Gasteiger partial charge in [0, 0.05) is 6.07 Å². The molecule has 0 radical (unpaired) electrons. The Morgan fingerprint density at radius 3 is 2.45 bits per heavy atom. The molecule has 0 N–H and O–H groups in total. The first-order valence-corrected chi connectivity index (χ1v) is 6.06. The van der Waals surface area contributed by atoms with Gasteiger partial charge >= 0.3 is 12.1 Å². The second-order valence-corrected chi connectivity index (χ2v) is 4.63. The van der Waals surface area contributed by atoms with Crippen molar-refractivity contribution in [2.45, 2.75) is 19.0 Å². The average molecular weight is 317 g/mol. The van der Waals surface area contributed by atoms with E-state index in [0.717, 1.165) is 0 Å². The lowest BCUT2D eigenvalue weighted by molar-refractivity contribution is -0.291. The molecule has 4 nitrogen and oxygen atoms in total. The average Bonchev–Trinajstić information content (AvgIpc) is 3.02. The van der Waals surface area contributed by atoms with E-state index in [9.17, 15) is 22.0 Å². The third-order valence-corrected chi connectivity index (χ3v) is 3.00. The predicted molar refractivity (Wildman–Crippen MR) is 65.4 cm³/mol. The Labute approximate surface area is 120 Å². The highest BCUT2D eigenvalue weighted by Crippen LogP contribution is 2.44. The molecule has 0 atom stereocenters. The van der Waals surface area contributed by atoms with Crippen molar-refractivity contribution in [3.8, 4) is 11.5 Å². The number of hydrogen-bond donors (Lipinski definition) is 0. The molecule has 0 saturated carbocycles. The van der Waals surface area contributed by atoms with Gasteiger partial charge in [-0.15, -0.1) is 0 Å². The quantitative estimate of drug-likeness (QED) is 0.672. The van der Waals surface area contributed by atoms with Crippen LogP contribution in [0.2, 0.25) is 0 Å². The highest BCUT2D eigenvalue weighted by Gasteiger charge is 2.60. The molecule has 0 saturated heterocycles. The Balaban J connectivity index is 2.32. The summed E-state index contributed by atoms with van der Waals surface area (Å²) in [6.45, 7) is 1.47. The van der Waals surface area contributed by atoms with Gasteiger partial charge < -0.3 is 4.42 Å². The van der Waals surface area contributed by atoms with Gasteiger partial charge in [0.1, 0.15) is 11.4 Å². The van der Waals surface area contributed by atoms with Gasteiger partial charge in [0.2, 0.25) is 0 Å². The normalized spacial score (nSPS) is 13.0. The summed E-state index contributed by atoms with van der Waals surface area (Å²) < 4.78 is 71.1. The molecule has 0 aromatic carbocycles. The van der Waals surface area contributed by atoms with Crippen molar-refractivity contribution in [3.63, 3.8) is 0 Å². The topological polar surface area (TPSA) is 43.3 Å². The van der Waals surface area contributed by atoms with Crippen LogP contribution in [-0.4, -0.2) is 20.8 Å². The minimum absolute atomic E-state index is 0.0839. The van der Waals surface area contributed by atoms with E-state index in [1.54, 1.807) is 0 Å². The number of hydrogen-bond acceptors (Lipinski definition) is 3. The van der Waals surface area contributed by atoms with Gasteiger partial charge in [0.25, 0.3) is 0 Å². The molecule has 9 heteroatoms. The fourth-order valence-corrected chi connectivity index (χ4v) is 2.01. The van der Waals surface area contributed by atoms with Gasteiger partial charge in [-0.25, -0.2) is 9.50 Å². The van der Waals surface area contributed by atoms with E-state index in [0.29, 0.717) is 10.6 Å². The summed E-state index contributed by atoms with van der Waals surface area (Å²) in [4.78, 5) is 4.00. The number of aromatic nitrogens is 3. The van der Waals surface area contributed by atoms with Gasteiger partial charge in [0.05, 0.1) is 12.0 Å². The van der Waals surface area contributed by atoms with Crippen LogP contribution in [0.1, 0.15) is 11.4 Å². The van der Waals surface area contributed by atoms with Crippen LogP contribution in [0.25, 0.3) is 17.1 Å². The van der Waals surface area contributed by atoms with Gasteiger partial charge in [-0.1, -0.05) is 0 Å². The van der Waals surface area contributed by atoms with Crippen molar-refractivity contribution in [1.82, 2.24) is 14.6 Å². The molecular formula is C13H8F5N3O. The van der Waals surface area contributed by atoms with Crippen LogP contribution >= 0.6 is 0 Å². The molecule has 3 aromatic heterocycles. The summed E-state index contributed by atoms with van der Waals surface area (Å²) in [6, 6.07) is 4.83. The van der Waals surface area contributed by atoms with Crippen molar-refractivity contribution in [3.05, 3.63) is 41.9 Å². The maximum absolute atomic E-state index is 13.8. The van der Waals surface area contributed by atoms with Crippen LogP contribution < -0.4 is 0 Å². The van der Waals surface area contributed by atoms with Crippen LogP contribution in [0.3, 0.4) is 0 Å². The van der Waals surface area contributed by atoms with Crippen molar-refractivity contribution >= 4 is 5.65 Å². The van der Waals surface area contributed by atoms with Gasteiger partial charge in [0.15, 0.2) is 11.4 Å². The second kappa shape index (κ2) is 4.52. The standard InChI is InChI=1S/C13H8F5N3O/c1-7-5-11-19-8(9-3-2-4-22-9)6-10(21(11)20-7)12(14,15)13(16,17)18/h2-6H,1H3. The van der Waals surface area contributed by atoms with Crippen LogP contribution in [-0.2, 0) is 5.92 Å². The number of nitrogens with zero attached hydrogens (tertiary/aromatic N) is 3. The molecule has 116 valence electrons. The van der Waals surface area contributed by atoms with E-state index < -0.39 is 17.8 Å². The largest absolute Gasteiger partial charge is 0.463 e. The minimum atomic E-state index is -5.75. The molecule has 3 aromatic rings. The highest BCUT2D eigenvalue weighted by atomic mass is 19.4. The monoisotopic (exact) mass is 317 g/mol. The number of fused-ring (bicyclic) bond motifs is 1. The summed E-state index contributed by atoms with van der Waals surface area (Å²) >= 11 is 0. The van der Waals surface area contributed by atoms with E-state index in [4.69, 9.17) is 4.42 Å². The molecule has 0 spiro atoms.